The number of nitrogens with zero attached hydrogens (tertiary/aromatic N) is 1. The number of anilines is 1. The number of nitrogen functional groups attached to an aromatic ring is 1. The third-order valence-corrected chi connectivity index (χ3v) is 4.44. The standard InChI is InChI=1S/C16H20N2OS/c1-11-9-13(17)6-7-15(11)16(19)18(3)12(2)10-14-5-4-8-20-14/h4-9,12H,10,17H2,1-3H3. The molecule has 0 aliphatic carbocycles. The van der Waals surface area contributed by atoms with Crippen LogP contribution in [0.3, 0.4) is 0 Å². The van der Waals surface area contributed by atoms with Gasteiger partial charge in [0, 0.05) is 35.6 Å². The van der Waals surface area contributed by atoms with Crippen LogP contribution in [-0.2, 0) is 6.42 Å². The Morgan fingerprint density at radius 3 is 2.75 bits per heavy atom. The number of amides is 1. The van der Waals surface area contributed by atoms with E-state index >= 15 is 0 Å². The molecule has 3 nitrogen and oxygen atoms in total. The van der Waals surface area contributed by atoms with E-state index in [0.29, 0.717) is 5.69 Å². The Balaban J connectivity index is 2.11. The Morgan fingerprint density at radius 1 is 1.40 bits per heavy atom. The molecule has 2 N–H and O–H groups in total. The summed E-state index contributed by atoms with van der Waals surface area (Å²) in [6, 6.07) is 9.73. The second-order valence-corrected chi connectivity index (χ2v) is 6.16. The van der Waals surface area contributed by atoms with Gasteiger partial charge in [0.25, 0.3) is 5.91 Å². The maximum atomic E-state index is 12.5. The van der Waals surface area contributed by atoms with Crippen LogP contribution in [0.25, 0.3) is 0 Å². The summed E-state index contributed by atoms with van der Waals surface area (Å²) in [7, 11) is 1.86. The molecule has 106 valence electrons. The number of thiophene rings is 1. The summed E-state index contributed by atoms with van der Waals surface area (Å²) >= 11 is 1.73. The molecule has 0 radical (unpaired) electrons. The van der Waals surface area contributed by atoms with Crippen LogP contribution in [0.15, 0.2) is 35.7 Å². The maximum absolute atomic E-state index is 12.5. The zero-order valence-electron chi connectivity index (χ0n) is 12.1. The number of nitrogens with two attached hydrogens (primary N) is 1. The number of aryl methyl sites for hydroxylation is 1. The average Bonchev–Trinajstić information content (AvgIpc) is 2.90. The largest absolute Gasteiger partial charge is 0.399 e. The summed E-state index contributed by atoms with van der Waals surface area (Å²) in [5.41, 5.74) is 8.06. The van der Waals surface area contributed by atoms with E-state index < -0.39 is 0 Å². The molecule has 0 aliphatic heterocycles. The summed E-state index contributed by atoms with van der Waals surface area (Å²) < 4.78 is 0. The van der Waals surface area contributed by atoms with Crippen LogP contribution in [-0.4, -0.2) is 23.9 Å². The van der Waals surface area contributed by atoms with Gasteiger partial charge in [0.1, 0.15) is 0 Å². The summed E-state index contributed by atoms with van der Waals surface area (Å²) in [5, 5.41) is 2.06. The third kappa shape index (κ3) is 3.20. The molecular formula is C16H20N2OS. The molecule has 4 heteroatoms. The fourth-order valence-corrected chi connectivity index (χ4v) is 3.00. The molecule has 1 amide bonds. The van der Waals surface area contributed by atoms with Crippen molar-refractivity contribution in [2.45, 2.75) is 26.3 Å². The second kappa shape index (κ2) is 6.09. The van der Waals surface area contributed by atoms with Crippen molar-refractivity contribution in [3.05, 3.63) is 51.7 Å². The van der Waals surface area contributed by atoms with Crippen LogP contribution in [0.5, 0.6) is 0 Å². The van der Waals surface area contributed by atoms with Gasteiger partial charge in [-0.15, -0.1) is 11.3 Å². The molecule has 0 bridgehead atoms. The molecule has 2 rings (SSSR count). The molecule has 2 aromatic rings. The van der Waals surface area contributed by atoms with E-state index in [4.69, 9.17) is 5.73 Å². The fraction of sp³-hybridized carbons (Fsp3) is 0.312. The molecule has 0 fully saturated rings. The van der Waals surface area contributed by atoms with E-state index in [1.54, 1.807) is 28.4 Å². The van der Waals surface area contributed by atoms with Crippen molar-refractivity contribution >= 4 is 22.9 Å². The van der Waals surface area contributed by atoms with Gasteiger partial charge in [-0.1, -0.05) is 6.07 Å². The highest BCUT2D eigenvalue weighted by Gasteiger charge is 2.19. The minimum Gasteiger partial charge on any atom is -0.399 e. The lowest BCUT2D eigenvalue weighted by Crippen LogP contribution is -2.36. The van der Waals surface area contributed by atoms with Crippen LogP contribution in [0.2, 0.25) is 0 Å². The lowest BCUT2D eigenvalue weighted by Gasteiger charge is -2.25. The molecule has 1 unspecified atom stereocenters. The number of carbonyl (C=O) groups is 1. The van der Waals surface area contributed by atoms with Gasteiger partial charge in [-0.05, 0) is 49.1 Å². The van der Waals surface area contributed by atoms with E-state index in [9.17, 15) is 4.79 Å². The van der Waals surface area contributed by atoms with Crippen LogP contribution < -0.4 is 5.73 Å². The number of rotatable bonds is 4. The minimum absolute atomic E-state index is 0.0477. The second-order valence-electron chi connectivity index (χ2n) is 5.12. The number of hydrogen-bond acceptors (Lipinski definition) is 3. The van der Waals surface area contributed by atoms with Gasteiger partial charge in [0.2, 0.25) is 0 Å². The topological polar surface area (TPSA) is 46.3 Å². The quantitative estimate of drug-likeness (QED) is 0.877. The van der Waals surface area contributed by atoms with Crippen molar-refractivity contribution in [1.29, 1.82) is 0 Å². The van der Waals surface area contributed by atoms with E-state index in [2.05, 4.69) is 18.4 Å². The Kier molecular flexibility index (Phi) is 4.45. The first-order valence-electron chi connectivity index (χ1n) is 6.64. The van der Waals surface area contributed by atoms with Crippen LogP contribution in [0.1, 0.15) is 27.7 Å². The van der Waals surface area contributed by atoms with Gasteiger partial charge in [-0.25, -0.2) is 0 Å². The minimum atomic E-state index is 0.0477. The van der Waals surface area contributed by atoms with Crippen molar-refractivity contribution in [3.63, 3.8) is 0 Å². The van der Waals surface area contributed by atoms with Crippen LogP contribution in [0.4, 0.5) is 5.69 Å². The van der Waals surface area contributed by atoms with Gasteiger partial charge >= 0.3 is 0 Å². The Hall–Kier alpha value is -1.81. The van der Waals surface area contributed by atoms with Crippen molar-refractivity contribution in [2.75, 3.05) is 12.8 Å². The van der Waals surface area contributed by atoms with Gasteiger partial charge in [-0.2, -0.15) is 0 Å². The summed E-state index contributed by atoms with van der Waals surface area (Å²) in [6.45, 7) is 3.99. The van der Waals surface area contributed by atoms with Crippen molar-refractivity contribution in [3.8, 4) is 0 Å². The molecule has 1 aromatic carbocycles. The van der Waals surface area contributed by atoms with E-state index in [-0.39, 0.29) is 11.9 Å². The van der Waals surface area contributed by atoms with Gasteiger partial charge in [-0.3, -0.25) is 4.79 Å². The predicted octanol–water partition coefficient (Wildman–Crippen LogP) is 3.34. The fourth-order valence-electron chi connectivity index (χ4n) is 2.17. The van der Waals surface area contributed by atoms with Crippen LogP contribution >= 0.6 is 11.3 Å². The lowest BCUT2D eigenvalue weighted by atomic mass is 10.1. The third-order valence-electron chi connectivity index (χ3n) is 3.54. The molecule has 1 aromatic heterocycles. The summed E-state index contributed by atoms with van der Waals surface area (Å²) in [5.74, 6) is 0.0477. The first-order valence-corrected chi connectivity index (χ1v) is 7.52. The van der Waals surface area contributed by atoms with Gasteiger partial charge in [0.05, 0.1) is 0 Å². The van der Waals surface area contributed by atoms with Crippen molar-refractivity contribution in [1.82, 2.24) is 4.90 Å². The van der Waals surface area contributed by atoms with Crippen LogP contribution in [0, 0.1) is 6.92 Å². The highest BCUT2D eigenvalue weighted by molar-refractivity contribution is 7.09. The highest BCUT2D eigenvalue weighted by atomic mass is 32.1. The smallest absolute Gasteiger partial charge is 0.254 e. The van der Waals surface area contributed by atoms with Crippen molar-refractivity contribution < 1.29 is 4.79 Å². The van der Waals surface area contributed by atoms with Gasteiger partial charge < -0.3 is 10.6 Å². The normalized spacial score (nSPS) is 12.2. The van der Waals surface area contributed by atoms with E-state index in [0.717, 1.165) is 17.5 Å². The number of carbonyl (C=O) groups excluding carboxylic acids is 1. The number of benzene rings is 1. The summed E-state index contributed by atoms with van der Waals surface area (Å²) in [6.07, 6.45) is 0.883. The molecular weight excluding hydrogens is 268 g/mol. The lowest BCUT2D eigenvalue weighted by molar-refractivity contribution is 0.0743. The molecule has 0 spiro atoms. The van der Waals surface area contributed by atoms with E-state index in [1.807, 2.05) is 26.1 Å². The zero-order valence-corrected chi connectivity index (χ0v) is 12.9. The molecule has 0 aliphatic rings. The molecule has 20 heavy (non-hydrogen) atoms. The molecule has 1 heterocycles. The Labute approximate surface area is 124 Å². The average molecular weight is 288 g/mol. The maximum Gasteiger partial charge on any atom is 0.254 e. The van der Waals surface area contributed by atoms with E-state index in [1.165, 1.54) is 4.88 Å². The molecule has 1 atom stereocenters. The monoisotopic (exact) mass is 288 g/mol. The predicted molar refractivity (Wildman–Crippen MR) is 85.2 cm³/mol. The first-order chi connectivity index (χ1) is 9.49. The zero-order chi connectivity index (χ0) is 14.7. The first kappa shape index (κ1) is 14.6. The van der Waals surface area contributed by atoms with Gasteiger partial charge in [0.15, 0.2) is 0 Å². The molecule has 0 saturated carbocycles. The SMILES string of the molecule is Cc1cc(N)ccc1C(=O)N(C)C(C)Cc1cccs1. The highest BCUT2D eigenvalue weighted by Crippen LogP contribution is 2.18. The Bertz CT molecular complexity index is 593. The summed E-state index contributed by atoms with van der Waals surface area (Å²) in [4.78, 5) is 15.6. The number of hydrogen-bond donors (Lipinski definition) is 1. The number of likely N-dealkylation sites (N-methyl/N-ethyl adjacent to an activating group) is 1. The van der Waals surface area contributed by atoms with Crippen molar-refractivity contribution in [2.24, 2.45) is 0 Å². The molecule has 0 saturated heterocycles. The Morgan fingerprint density at radius 2 is 2.15 bits per heavy atom.